The standard InChI is InChI=1S/C9H15IN2O2S/c1-5-6-7(11-9(10)15-4)8(13)12(2)14-3/h6H,5H2,1-4H3/b7-6-,11-9?. The average molecular weight is 342 g/mol. The van der Waals surface area contributed by atoms with Gasteiger partial charge in [-0.25, -0.2) is 10.1 Å². The second-order valence-corrected chi connectivity index (χ2v) is 5.10. The lowest BCUT2D eigenvalue weighted by molar-refractivity contribution is -0.164. The predicted octanol–water partition coefficient (Wildman–Crippen LogP) is 2.45. The molecule has 0 aliphatic rings. The van der Waals surface area contributed by atoms with E-state index in [1.807, 2.05) is 13.2 Å². The van der Waals surface area contributed by atoms with Crippen LogP contribution in [0.4, 0.5) is 0 Å². The van der Waals surface area contributed by atoms with E-state index in [-0.39, 0.29) is 5.91 Å². The van der Waals surface area contributed by atoms with Crippen LogP contribution in [-0.4, -0.2) is 34.4 Å². The molecule has 0 unspecified atom stereocenters. The molecule has 0 aromatic rings. The molecule has 86 valence electrons. The molecular weight excluding hydrogens is 327 g/mol. The lowest BCUT2D eigenvalue weighted by atomic mass is 10.3. The first kappa shape index (κ1) is 14.9. The van der Waals surface area contributed by atoms with Gasteiger partial charge in [-0.15, -0.1) is 11.8 Å². The Morgan fingerprint density at radius 1 is 1.67 bits per heavy atom. The van der Waals surface area contributed by atoms with E-state index in [4.69, 9.17) is 4.84 Å². The van der Waals surface area contributed by atoms with Crippen molar-refractivity contribution in [1.82, 2.24) is 5.06 Å². The van der Waals surface area contributed by atoms with Crippen LogP contribution in [0.5, 0.6) is 0 Å². The number of amides is 1. The van der Waals surface area contributed by atoms with E-state index in [1.54, 1.807) is 13.1 Å². The first-order chi connectivity index (χ1) is 7.06. The molecule has 0 N–H and O–H groups in total. The summed E-state index contributed by atoms with van der Waals surface area (Å²) in [5.74, 6) is -0.234. The van der Waals surface area contributed by atoms with Crippen molar-refractivity contribution in [1.29, 1.82) is 0 Å². The zero-order chi connectivity index (χ0) is 11.8. The van der Waals surface area contributed by atoms with Gasteiger partial charge in [-0.3, -0.25) is 9.63 Å². The monoisotopic (exact) mass is 342 g/mol. The number of hydrogen-bond donors (Lipinski definition) is 0. The van der Waals surface area contributed by atoms with Crippen LogP contribution >= 0.6 is 34.4 Å². The first-order valence-corrected chi connectivity index (χ1v) is 6.67. The summed E-state index contributed by atoms with van der Waals surface area (Å²) < 4.78 is 0.824. The van der Waals surface area contributed by atoms with Crippen LogP contribution in [0.25, 0.3) is 0 Å². The summed E-state index contributed by atoms with van der Waals surface area (Å²) in [5, 5.41) is 1.16. The summed E-state index contributed by atoms with van der Waals surface area (Å²) in [4.78, 5) is 20.8. The maximum absolute atomic E-state index is 11.7. The maximum Gasteiger partial charge on any atom is 0.295 e. The highest BCUT2D eigenvalue weighted by molar-refractivity contribution is 14.1. The molecule has 0 saturated heterocycles. The van der Waals surface area contributed by atoms with Gasteiger partial charge in [-0.1, -0.05) is 13.0 Å². The van der Waals surface area contributed by atoms with E-state index in [9.17, 15) is 4.79 Å². The van der Waals surface area contributed by atoms with Gasteiger partial charge in [0.2, 0.25) is 0 Å². The van der Waals surface area contributed by atoms with Crippen molar-refractivity contribution >= 4 is 43.3 Å². The molecule has 6 heteroatoms. The minimum absolute atomic E-state index is 0.234. The van der Waals surface area contributed by atoms with Crippen molar-refractivity contribution in [3.63, 3.8) is 0 Å². The highest BCUT2D eigenvalue weighted by Gasteiger charge is 2.13. The highest BCUT2D eigenvalue weighted by Crippen LogP contribution is 2.12. The van der Waals surface area contributed by atoms with Gasteiger partial charge in [0.1, 0.15) is 8.75 Å². The third kappa shape index (κ3) is 5.53. The topological polar surface area (TPSA) is 41.9 Å². The van der Waals surface area contributed by atoms with Crippen molar-refractivity contribution in [3.8, 4) is 0 Å². The number of allylic oxidation sites excluding steroid dienone is 1. The Kier molecular flexibility index (Phi) is 8.07. The summed E-state index contributed by atoms with van der Waals surface area (Å²) in [6.07, 6.45) is 4.46. The summed E-state index contributed by atoms with van der Waals surface area (Å²) in [6.45, 7) is 1.96. The summed E-state index contributed by atoms with van der Waals surface area (Å²) in [7, 11) is 3.01. The molecule has 0 atom stereocenters. The van der Waals surface area contributed by atoms with E-state index in [0.717, 1.165) is 14.5 Å². The van der Waals surface area contributed by atoms with Crippen molar-refractivity contribution in [2.24, 2.45) is 4.99 Å². The smallest absolute Gasteiger partial charge is 0.274 e. The zero-order valence-electron chi connectivity index (χ0n) is 9.28. The molecule has 0 bridgehead atoms. The fraction of sp³-hybridized carbons (Fsp3) is 0.556. The van der Waals surface area contributed by atoms with Crippen LogP contribution in [0.15, 0.2) is 16.8 Å². The van der Waals surface area contributed by atoms with E-state index >= 15 is 0 Å². The Hall–Kier alpha value is -0.0800. The molecule has 15 heavy (non-hydrogen) atoms. The molecule has 0 heterocycles. The molecule has 0 saturated carbocycles. The van der Waals surface area contributed by atoms with Gasteiger partial charge >= 0.3 is 0 Å². The molecule has 0 rings (SSSR count). The third-order valence-corrected chi connectivity index (χ3v) is 3.54. The summed E-state index contributed by atoms with van der Waals surface area (Å²) in [6, 6.07) is 0. The number of likely N-dealkylation sites (N-methyl/N-ethyl adjacent to an activating group) is 1. The molecule has 0 aliphatic carbocycles. The number of nitrogens with zero attached hydrogens (tertiary/aromatic N) is 2. The van der Waals surface area contributed by atoms with Crippen molar-refractivity contribution in [2.45, 2.75) is 13.3 Å². The van der Waals surface area contributed by atoms with Crippen molar-refractivity contribution in [3.05, 3.63) is 11.8 Å². The second kappa shape index (κ2) is 8.12. The Bertz CT molecular complexity index is 279. The van der Waals surface area contributed by atoms with Crippen LogP contribution in [-0.2, 0) is 9.63 Å². The van der Waals surface area contributed by atoms with Gasteiger partial charge in [0.25, 0.3) is 5.91 Å². The minimum Gasteiger partial charge on any atom is -0.274 e. The molecule has 0 aliphatic heterocycles. The minimum atomic E-state index is -0.234. The molecule has 4 nitrogen and oxygen atoms in total. The molecule has 0 fully saturated rings. The van der Waals surface area contributed by atoms with Crippen LogP contribution in [0.2, 0.25) is 0 Å². The lowest BCUT2D eigenvalue weighted by Gasteiger charge is -2.13. The van der Waals surface area contributed by atoms with Gasteiger partial charge < -0.3 is 0 Å². The predicted molar refractivity (Wildman–Crippen MR) is 73.1 cm³/mol. The molecule has 1 amide bonds. The number of rotatable bonds is 4. The van der Waals surface area contributed by atoms with E-state index in [0.29, 0.717) is 5.70 Å². The molecule has 0 spiro atoms. The normalized spacial score (nSPS) is 12.9. The molecule has 0 aromatic carbocycles. The van der Waals surface area contributed by atoms with Crippen LogP contribution in [0, 0.1) is 0 Å². The van der Waals surface area contributed by atoms with Gasteiger partial charge in [0.05, 0.1) is 7.11 Å². The van der Waals surface area contributed by atoms with E-state index in [2.05, 4.69) is 27.6 Å². The number of thioether (sulfide) groups is 1. The van der Waals surface area contributed by atoms with E-state index < -0.39 is 0 Å². The molecular formula is C9H15IN2O2S. The molecule has 0 aromatic heterocycles. The van der Waals surface area contributed by atoms with Crippen molar-refractivity contribution < 1.29 is 9.63 Å². The number of halogens is 1. The average Bonchev–Trinajstić information content (AvgIpc) is 2.26. The van der Waals surface area contributed by atoms with Crippen LogP contribution in [0.1, 0.15) is 13.3 Å². The van der Waals surface area contributed by atoms with Crippen molar-refractivity contribution in [2.75, 3.05) is 20.4 Å². The SMILES string of the molecule is CC/C=C(\N=C(I)SC)C(=O)N(C)OC. The Morgan fingerprint density at radius 3 is 2.67 bits per heavy atom. The Balaban J connectivity index is 4.84. The Labute approximate surface area is 108 Å². The van der Waals surface area contributed by atoms with Crippen LogP contribution in [0.3, 0.4) is 0 Å². The fourth-order valence-electron chi connectivity index (χ4n) is 0.759. The number of aliphatic imine (C=N–C) groups is 1. The second-order valence-electron chi connectivity index (χ2n) is 2.55. The van der Waals surface area contributed by atoms with Gasteiger partial charge in [0.15, 0.2) is 0 Å². The Morgan fingerprint density at radius 2 is 2.27 bits per heavy atom. The largest absolute Gasteiger partial charge is 0.295 e. The maximum atomic E-state index is 11.7. The fourth-order valence-corrected chi connectivity index (χ4v) is 1.21. The van der Waals surface area contributed by atoms with E-state index in [1.165, 1.54) is 18.9 Å². The highest BCUT2D eigenvalue weighted by atomic mass is 127. The first-order valence-electron chi connectivity index (χ1n) is 4.37. The summed E-state index contributed by atoms with van der Waals surface area (Å²) >= 11 is 3.59. The summed E-state index contributed by atoms with van der Waals surface area (Å²) in [5.41, 5.74) is 0.417. The van der Waals surface area contributed by atoms with Gasteiger partial charge in [0, 0.05) is 7.05 Å². The number of hydroxylamine groups is 2. The number of hydrogen-bond acceptors (Lipinski definition) is 4. The lowest BCUT2D eigenvalue weighted by Crippen LogP contribution is -2.26. The number of carbonyl (C=O) groups excluding carboxylic acids is 1. The quantitative estimate of drug-likeness (QED) is 0.259. The third-order valence-electron chi connectivity index (χ3n) is 1.55. The van der Waals surface area contributed by atoms with Crippen LogP contribution < -0.4 is 0 Å². The zero-order valence-corrected chi connectivity index (χ0v) is 12.3. The molecule has 0 radical (unpaired) electrons. The van der Waals surface area contributed by atoms with Gasteiger partial charge in [-0.05, 0) is 35.3 Å². The van der Waals surface area contributed by atoms with Gasteiger partial charge in [-0.2, -0.15) is 0 Å². The number of carbonyl (C=O) groups is 1.